The maximum Gasteiger partial charge on any atom is 0.312 e. The van der Waals surface area contributed by atoms with Crippen LogP contribution in [0.15, 0.2) is 28.8 Å². The summed E-state index contributed by atoms with van der Waals surface area (Å²) in [6, 6.07) is 2.97. The van der Waals surface area contributed by atoms with E-state index in [0.717, 1.165) is 12.0 Å². The molecule has 0 bridgehead atoms. The molecule has 0 saturated heterocycles. The molecule has 0 unspecified atom stereocenters. The van der Waals surface area contributed by atoms with E-state index in [1.807, 2.05) is 6.92 Å². The Hall–Kier alpha value is -1.40. The summed E-state index contributed by atoms with van der Waals surface area (Å²) < 4.78 is 6.00. The molecule has 0 amide bonds. The van der Waals surface area contributed by atoms with Gasteiger partial charge in [-0.25, -0.2) is 0 Å². The number of rotatable bonds is 6. The van der Waals surface area contributed by atoms with Gasteiger partial charge < -0.3 is 9.84 Å². The first-order chi connectivity index (χ1) is 8.86. The fourth-order valence-corrected chi connectivity index (χ4v) is 1.94. The predicted molar refractivity (Wildman–Crippen MR) is 76.4 cm³/mol. The molecule has 0 aliphatic heterocycles. The van der Waals surface area contributed by atoms with E-state index in [4.69, 9.17) is 4.74 Å². The lowest BCUT2D eigenvalue weighted by molar-refractivity contribution is -0.386. The van der Waals surface area contributed by atoms with Crippen LogP contribution in [0, 0.1) is 10.1 Å². The highest BCUT2D eigenvalue weighted by atomic mass is 79.9. The van der Waals surface area contributed by atoms with E-state index in [-0.39, 0.29) is 18.0 Å². The second-order valence-corrected chi connectivity index (χ2v) is 5.08. The van der Waals surface area contributed by atoms with E-state index in [2.05, 4.69) is 22.5 Å². The molecule has 104 valence electrons. The molecule has 0 radical (unpaired) electrons. The number of ether oxygens (including phenoxy) is 1. The van der Waals surface area contributed by atoms with Gasteiger partial charge >= 0.3 is 5.69 Å². The Morgan fingerprint density at radius 3 is 2.74 bits per heavy atom. The first-order valence-electron chi connectivity index (χ1n) is 5.82. The maximum atomic E-state index is 11.1. The minimum Gasteiger partial charge on any atom is -0.482 e. The van der Waals surface area contributed by atoms with Crippen molar-refractivity contribution in [3.63, 3.8) is 0 Å². The fourth-order valence-electron chi connectivity index (χ4n) is 1.48. The SMILES string of the molecule is C=C(CC)COc1c([C@H](C)O)cc(Br)cc1[N+](=O)[O-]. The monoisotopic (exact) mass is 329 g/mol. The molecular weight excluding hydrogens is 314 g/mol. The molecular formula is C13H16BrNO4. The zero-order chi connectivity index (χ0) is 14.6. The number of nitrogens with zero attached hydrogens (tertiary/aromatic N) is 1. The average Bonchev–Trinajstić information content (AvgIpc) is 2.35. The molecule has 1 atom stereocenters. The lowest BCUT2D eigenvalue weighted by Gasteiger charge is -2.14. The van der Waals surface area contributed by atoms with Crippen molar-refractivity contribution in [3.05, 3.63) is 44.4 Å². The third kappa shape index (κ3) is 4.04. The van der Waals surface area contributed by atoms with E-state index in [0.29, 0.717) is 10.0 Å². The molecule has 5 nitrogen and oxygen atoms in total. The highest BCUT2D eigenvalue weighted by Gasteiger charge is 2.23. The van der Waals surface area contributed by atoms with Crippen LogP contribution in [0.25, 0.3) is 0 Å². The van der Waals surface area contributed by atoms with Crippen LogP contribution in [-0.4, -0.2) is 16.6 Å². The van der Waals surface area contributed by atoms with Crippen LogP contribution in [0.5, 0.6) is 5.75 Å². The van der Waals surface area contributed by atoms with Crippen LogP contribution in [0.3, 0.4) is 0 Å². The van der Waals surface area contributed by atoms with Crippen molar-refractivity contribution >= 4 is 21.6 Å². The van der Waals surface area contributed by atoms with Crippen LogP contribution in [0.1, 0.15) is 31.9 Å². The molecule has 0 heterocycles. The molecule has 1 rings (SSSR count). The Morgan fingerprint density at radius 1 is 1.63 bits per heavy atom. The first kappa shape index (κ1) is 15.7. The molecule has 1 aromatic rings. The minimum atomic E-state index is -0.860. The minimum absolute atomic E-state index is 0.0952. The molecule has 0 aromatic heterocycles. The van der Waals surface area contributed by atoms with Crippen LogP contribution in [-0.2, 0) is 0 Å². The number of halogens is 1. The van der Waals surface area contributed by atoms with Gasteiger partial charge in [-0.2, -0.15) is 0 Å². The standard InChI is InChI=1S/C13H16BrNO4/c1-4-8(2)7-19-13-11(9(3)16)5-10(14)6-12(13)15(17)18/h5-6,9,16H,2,4,7H2,1,3H3/t9-/m0/s1. The molecule has 0 saturated carbocycles. The summed E-state index contributed by atoms with van der Waals surface area (Å²) >= 11 is 3.19. The van der Waals surface area contributed by atoms with Gasteiger partial charge in [-0.15, -0.1) is 0 Å². The molecule has 0 aliphatic carbocycles. The fraction of sp³-hybridized carbons (Fsp3) is 0.385. The predicted octanol–water partition coefficient (Wildman–Crippen LogP) is 3.76. The summed E-state index contributed by atoms with van der Waals surface area (Å²) in [6.45, 7) is 7.44. The Balaban J connectivity index is 3.23. The van der Waals surface area contributed by atoms with Crippen molar-refractivity contribution < 1.29 is 14.8 Å². The van der Waals surface area contributed by atoms with Gasteiger partial charge in [0.05, 0.1) is 11.0 Å². The second-order valence-electron chi connectivity index (χ2n) is 4.17. The van der Waals surface area contributed by atoms with Crippen LogP contribution in [0.2, 0.25) is 0 Å². The summed E-state index contributed by atoms with van der Waals surface area (Å²) in [4.78, 5) is 10.5. The summed E-state index contributed by atoms with van der Waals surface area (Å²) in [7, 11) is 0. The number of hydrogen-bond donors (Lipinski definition) is 1. The number of aliphatic hydroxyl groups excluding tert-OH is 1. The molecule has 1 aromatic carbocycles. The number of benzene rings is 1. The topological polar surface area (TPSA) is 72.6 Å². The quantitative estimate of drug-likeness (QED) is 0.490. The second kappa shape index (κ2) is 6.68. The number of nitro groups is 1. The first-order valence-corrected chi connectivity index (χ1v) is 6.61. The third-order valence-electron chi connectivity index (χ3n) is 2.63. The van der Waals surface area contributed by atoms with Gasteiger partial charge in [-0.05, 0) is 25.0 Å². The molecule has 0 fully saturated rings. The highest BCUT2D eigenvalue weighted by Crippen LogP contribution is 2.38. The van der Waals surface area contributed by atoms with Crippen molar-refractivity contribution in [1.29, 1.82) is 0 Å². The molecule has 19 heavy (non-hydrogen) atoms. The summed E-state index contributed by atoms with van der Waals surface area (Å²) in [5, 5.41) is 20.8. The van der Waals surface area contributed by atoms with E-state index in [1.165, 1.54) is 13.0 Å². The van der Waals surface area contributed by atoms with Gasteiger partial charge in [0.1, 0.15) is 6.61 Å². The van der Waals surface area contributed by atoms with E-state index in [9.17, 15) is 15.2 Å². The van der Waals surface area contributed by atoms with Crippen molar-refractivity contribution in [2.75, 3.05) is 6.61 Å². The van der Waals surface area contributed by atoms with E-state index < -0.39 is 11.0 Å². The normalized spacial score (nSPS) is 12.0. The van der Waals surface area contributed by atoms with Gasteiger partial charge in [-0.1, -0.05) is 29.4 Å². The average molecular weight is 330 g/mol. The maximum absolute atomic E-state index is 11.1. The van der Waals surface area contributed by atoms with Crippen molar-refractivity contribution in [3.8, 4) is 5.75 Å². The van der Waals surface area contributed by atoms with Gasteiger partial charge in [0.15, 0.2) is 0 Å². The smallest absolute Gasteiger partial charge is 0.312 e. The van der Waals surface area contributed by atoms with Gasteiger partial charge in [0.2, 0.25) is 5.75 Å². The molecule has 0 spiro atoms. The Bertz CT molecular complexity index is 500. The highest BCUT2D eigenvalue weighted by molar-refractivity contribution is 9.10. The Labute approximate surface area is 120 Å². The van der Waals surface area contributed by atoms with E-state index in [1.54, 1.807) is 6.07 Å². The third-order valence-corrected chi connectivity index (χ3v) is 3.09. The summed E-state index contributed by atoms with van der Waals surface area (Å²) in [5.41, 5.74) is 1.04. The van der Waals surface area contributed by atoms with Gasteiger partial charge in [0, 0.05) is 16.1 Å². The number of aliphatic hydroxyl groups is 1. The zero-order valence-electron chi connectivity index (χ0n) is 10.9. The molecule has 0 aliphatic rings. The molecule has 1 N–H and O–H groups in total. The van der Waals surface area contributed by atoms with Crippen LogP contribution >= 0.6 is 15.9 Å². The lowest BCUT2D eigenvalue weighted by atomic mass is 10.1. The molecule has 6 heteroatoms. The summed E-state index contributed by atoms with van der Waals surface area (Å²) in [5.74, 6) is 0.0952. The van der Waals surface area contributed by atoms with E-state index >= 15 is 0 Å². The van der Waals surface area contributed by atoms with Crippen LogP contribution < -0.4 is 4.74 Å². The van der Waals surface area contributed by atoms with Crippen molar-refractivity contribution in [2.24, 2.45) is 0 Å². The van der Waals surface area contributed by atoms with Crippen molar-refractivity contribution in [1.82, 2.24) is 0 Å². The number of hydrogen-bond acceptors (Lipinski definition) is 4. The zero-order valence-corrected chi connectivity index (χ0v) is 12.4. The lowest BCUT2D eigenvalue weighted by Crippen LogP contribution is -2.06. The largest absolute Gasteiger partial charge is 0.482 e. The van der Waals surface area contributed by atoms with Gasteiger partial charge in [0.25, 0.3) is 0 Å². The Kier molecular flexibility index (Phi) is 5.50. The van der Waals surface area contributed by atoms with Gasteiger partial charge in [-0.3, -0.25) is 10.1 Å². The summed E-state index contributed by atoms with van der Waals surface area (Å²) in [6.07, 6.45) is -0.130. The Morgan fingerprint density at radius 2 is 2.26 bits per heavy atom. The van der Waals surface area contributed by atoms with Crippen LogP contribution in [0.4, 0.5) is 5.69 Å². The number of nitro benzene ring substituents is 1. The van der Waals surface area contributed by atoms with Crippen molar-refractivity contribution in [2.45, 2.75) is 26.4 Å².